The molecular weight excluding hydrogens is 452 g/mol. The second kappa shape index (κ2) is 11.6. The highest BCUT2D eigenvalue weighted by molar-refractivity contribution is 8.18. The molecule has 0 saturated carbocycles. The Morgan fingerprint density at radius 2 is 1.91 bits per heavy atom. The van der Waals surface area contributed by atoms with Gasteiger partial charge in [0.05, 0.1) is 18.1 Å². The first-order valence-electron chi connectivity index (χ1n) is 11.0. The number of benzene rings is 2. The SMILES string of the molecule is C=CCc1cc(/C=C2/SC(=O)N(CC(=O)Nc3cccc(C)c3)C2=O)cc(OCC)c1OCC. The van der Waals surface area contributed by atoms with Crippen molar-refractivity contribution in [3.63, 3.8) is 0 Å². The maximum atomic E-state index is 12.9. The van der Waals surface area contributed by atoms with Crippen molar-refractivity contribution in [1.29, 1.82) is 0 Å². The van der Waals surface area contributed by atoms with Crippen LogP contribution in [0, 0.1) is 6.92 Å². The first-order valence-corrected chi connectivity index (χ1v) is 11.8. The summed E-state index contributed by atoms with van der Waals surface area (Å²) in [5.41, 5.74) is 3.16. The standard InChI is InChI=1S/C26H28N2O5S/c1-5-9-19-13-18(14-21(32-6-2)24(19)33-7-3)15-22-25(30)28(26(31)34-22)16-23(29)27-20-11-8-10-17(4)12-20/h5,8,10-15H,1,6-7,9,16H2,2-4H3,(H,27,29)/b22-15+. The second-order valence-electron chi connectivity index (χ2n) is 7.55. The molecule has 34 heavy (non-hydrogen) atoms. The summed E-state index contributed by atoms with van der Waals surface area (Å²) in [6.07, 6.45) is 3.95. The van der Waals surface area contributed by atoms with Crippen molar-refractivity contribution in [3.8, 4) is 11.5 Å². The lowest BCUT2D eigenvalue weighted by Gasteiger charge is -2.16. The minimum absolute atomic E-state index is 0.240. The van der Waals surface area contributed by atoms with E-state index in [1.807, 2.05) is 45.0 Å². The number of ether oxygens (including phenoxy) is 2. The lowest BCUT2D eigenvalue weighted by Crippen LogP contribution is -2.36. The van der Waals surface area contributed by atoms with Crippen molar-refractivity contribution < 1.29 is 23.9 Å². The van der Waals surface area contributed by atoms with E-state index in [-0.39, 0.29) is 11.4 Å². The Labute approximate surface area is 203 Å². The van der Waals surface area contributed by atoms with Gasteiger partial charge in [0, 0.05) is 11.3 Å². The number of rotatable bonds is 10. The monoisotopic (exact) mass is 480 g/mol. The summed E-state index contributed by atoms with van der Waals surface area (Å²) >= 11 is 0.807. The molecule has 1 aliphatic heterocycles. The first kappa shape index (κ1) is 25.1. The third-order valence-electron chi connectivity index (χ3n) is 4.88. The van der Waals surface area contributed by atoms with E-state index in [9.17, 15) is 14.4 Å². The Kier molecular flexibility index (Phi) is 8.54. The van der Waals surface area contributed by atoms with Gasteiger partial charge in [-0.05, 0) is 80.4 Å². The molecule has 1 heterocycles. The van der Waals surface area contributed by atoms with E-state index in [1.54, 1.807) is 24.3 Å². The van der Waals surface area contributed by atoms with Gasteiger partial charge in [-0.15, -0.1) is 6.58 Å². The van der Waals surface area contributed by atoms with Crippen molar-refractivity contribution in [1.82, 2.24) is 4.90 Å². The van der Waals surface area contributed by atoms with Gasteiger partial charge in [0.1, 0.15) is 6.54 Å². The van der Waals surface area contributed by atoms with Crippen LogP contribution >= 0.6 is 11.8 Å². The molecule has 1 aliphatic rings. The van der Waals surface area contributed by atoms with Crippen molar-refractivity contribution in [2.45, 2.75) is 27.2 Å². The fraction of sp³-hybridized carbons (Fsp3) is 0.269. The quantitative estimate of drug-likeness (QED) is 0.372. The van der Waals surface area contributed by atoms with Gasteiger partial charge in [-0.25, -0.2) is 0 Å². The van der Waals surface area contributed by atoms with Crippen LogP contribution in [-0.4, -0.2) is 41.7 Å². The summed E-state index contributed by atoms with van der Waals surface area (Å²) < 4.78 is 11.5. The maximum Gasteiger partial charge on any atom is 0.294 e. The zero-order chi connectivity index (χ0) is 24.7. The van der Waals surface area contributed by atoms with Crippen LogP contribution in [0.1, 0.15) is 30.5 Å². The average molecular weight is 481 g/mol. The predicted octanol–water partition coefficient (Wildman–Crippen LogP) is 5.20. The number of nitrogens with zero attached hydrogens (tertiary/aromatic N) is 1. The van der Waals surface area contributed by atoms with E-state index in [0.717, 1.165) is 27.8 Å². The topological polar surface area (TPSA) is 84.9 Å². The minimum atomic E-state index is -0.508. The third kappa shape index (κ3) is 6.08. The molecule has 0 bridgehead atoms. The van der Waals surface area contributed by atoms with Gasteiger partial charge < -0.3 is 14.8 Å². The number of anilines is 1. The molecule has 0 aliphatic carbocycles. The molecule has 0 spiro atoms. The number of amides is 3. The number of nitrogens with one attached hydrogen (secondary N) is 1. The highest BCUT2D eigenvalue weighted by Gasteiger charge is 2.36. The molecule has 0 unspecified atom stereocenters. The van der Waals surface area contributed by atoms with E-state index in [1.165, 1.54) is 0 Å². The molecule has 178 valence electrons. The largest absolute Gasteiger partial charge is 0.490 e. The fourth-order valence-corrected chi connectivity index (χ4v) is 4.34. The van der Waals surface area contributed by atoms with Gasteiger partial charge in [-0.3, -0.25) is 19.3 Å². The molecule has 3 amide bonds. The number of carbonyl (C=O) groups is 3. The van der Waals surface area contributed by atoms with E-state index in [2.05, 4.69) is 11.9 Å². The van der Waals surface area contributed by atoms with E-state index >= 15 is 0 Å². The average Bonchev–Trinajstić information content (AvgIpc) is 3.03. The summed E-state index contributed by atoms with van der Waals surface area (Å²) in [7, 11) is 0. The van der Waals surface area contributed by atoms with Gasteiger partial charge in [-0.1, -0.05) is 18.2 Å². The molecular formula is C26H28N2O5S. The smallest absolute Gasteiger partial charge is 0.294 e. The Morgan fingerprint density at radius 1 is 1.15 bits per heavy atom. The minimum Gasteiger partial charge on any atom is -0.490 e. The van der Waals surface area contributed by atoms with Crippen LogP contribution in [0.5, 0.6) is 11.5 Å². The van der Waals surface area contributed by atoms with Crippen LogP contribution in [0.2, 0.25) is 0 Å². The Bertz CT molecular complexity index is 1140. The van der Waals surface area contributed by atoms with Crippen molar-refractivity contribution >= 4 is 40.6 Å². The van der Waals surface area contributed by atoms with Crippen molar-refractivity contribution in [2.24, 2.45) is 0 Å². The number of thioether (sulfide) groups is 1. The lowest BCUT2D eigenvalue weighted by molar-refractivity contribution is -0.127. The molecule has 0 atom stereocenters. The Balaban J connectivity index is 1.82. The van der Waals surface area contributed by atoms with Gasteiger partial charge in [0.2, 0.25) is 5.91 Å². The zero-order valence-corrected chi connectivity index (χ0v) is 20.4. The Morgan fingerprint density at radius 3 is 2.59 bits per heavy atom. The number of hydrogen-bond donors (Lipinski definition) is 1. The van der Waals surface area contributed by atoms with Gasteiger partial charge in [0.25, 0.3) is 11.1 Å². The Hall–Kier alpha value is -3.52. The van der Waals surface area contributed by atoms with Crippen LogP contribution in [-0.2, 0) is 16.0 Å². The van der Waals surface area contributed by atoms with Crippen LogP contribution in [0.4, 0.5) is 10.5 Å². The summed E-state index contributed by atoms with van der Waals surface area (Å²) in [6.45, 7) is 10.1. The second-order valence-corrected chi connectivity index (χ2v) is 8.54. The third-order valence-corrected chi connectivity index (χ3v) is 5.79. The van der Waals surface area contributed by atoms with Gasteiger partial charge >= 0.3 is 0 Å². The number of allylic oxidation sites excluding steroid dienone is 1. The number of imide groups is 1. The maximum absolute atomic E-state index is 12.9. The normalized spacial score (nSPS) is 14.4. The highest BCUT2D eigenvalue weighted by atomic mass is 32.2. The molecule has 1 fully saturated rings. The van der Waals surface area contributed by atoms with Gasteiger partial charge in [0.15, 0.2) is 11.5 Å². The predicted molar refractivity (Wildman–Crippen MR) is 135 cm³/mol. The molecule has 3 rings (SSSR count). The molecule has 1 N–H and O–H groups in total. The summed E-state index contributed by atoms with van der Waals surface area (Å²) in [6, 6.07) is 11.0. The number of hydrogen-bond acceptors (Lipinski definition) is 6. The summed E-state index contributed by atoms with van der Waals surface area (Å²) in [5.74, 6) is 0.252. The molecule has 8 heteroatoms. The molecule has 1 saturated heterocycles. The number of aryl methyl sites for hydroxylation is 1. The van der Waals surface area contributed by atoms with Gasteiger partial charge in [-0.2, -0.15) is 0 Å². The summed E-state index contributed by atoms with van der Waals surface area (Å²) in [4.78, 5) is 39.0. The summed E-state index contributed by atoms with van der Waals surface area (Å²) in [5, 5.41) is 2.23. The van der Waals surface area contributed by atoms with Crippen LogP contribution in [0.3, 0.4) is 0 Å². The first-order chi connectivity index (χ1) is 16.4. The van der Waals surface area contributed by atoms with E-state index in [4.69, 9.17) is 9.47 Å². The fourth-order valence-electron chi connectivity index (χ4n) is 3.50. The highest BCUT2D eigenvalue weighted by Crippen LogP contribution is 2.37. The molecule has 7 nitrogen and oxygen atoms in total. The van der Waals surface area contributed by atoms with Crippen LogP contribution in [0.25, 0.3) is 6.08 Å². The van der Waals surface area contributed by atoms with E-state index < -0.39 is 17.1 Å². The van der Waals surface area contributed by atoms with E-state index in [0.29, 0.717) is 42.4 Å². The molecule has 2 aromatic carbocycles. The van der Waals surface area contributed by atoms with Crippen LogP contribution < -0.4 is 14.8 Å². The number of carbonyl (C=O) groups excluding carboxylic acids is 3. The molecule has 2 aromatic rings. The molecule has 0 radical (unpaired) electrons. The van der Waals surface area contributed by atoms with Crippen molar-refractivity contribution in [3.05, 3.63) is 70.6 Å². The van der Waals surface area contributed by atoms with Crippen LogP contribution in [0.15, 0.2) is 54.0 Å². The van der Waals surface area contributed by atoms with Crippen molar-refractivity contribution in [2.75, 3.05) is 25.1 Å². The zero-order valence-electron chi connectivity index (χ0n) is 19.6. The molecule has 0 aromatic heterocycles. The lowest BCUT2D eigenvalue weighted by atomic mass is 10.0.